The van der Waals surface area contributed by atoms with E-state index in [9.17, 15) is 4.79 Å². The number of benzene rings is 1. The van der Waals surface area contributed by atoms with E-state index in [0.29, 0.717) is 6.61 Å². The summed E-state index contributed by atoms with van der Waals surface area (Å²) >= 11 is 0. The van der Waals surface area contributed by atoms with E-state index in [1.165, 1.54) is 0 Å². The number of rotatable bonds is 2. The minimum Gasteiger partial charge on any atom is -0.465 e. The van der Waals surface area contributed by atoms with E-state index in [-0.39, 0.29) is 17.8 Å². The molecule has 0 amide bonds. The molecule has 2 unspecified atom stereocenters. The summed E-state index contributed by atoms with van der Waals surface area (Å²) in [5.41, 5.74) is 1.02. The van der Waals surface area contributed by atoms with E-state index in [1.54, 1.807) is 0 Å². The lowest BCUT2D eigenvalue weighted by Crippen LogP contribution is -2.28. The predicted molar refractivity (Wildman–Crippen MR) is 61.7 cm³/mol. The van der Waals surface area contributed by atoms with Crippen LogP contribution in [0.25, 0.3) is 0 Å². The fraction of sp³-hybridized carbons (Fsp3) is 0.357. The predicted octanol–water partition coefficient (Wildman–Crippen LogP) is 2.36. The molecule has 2 rings (SSSR count). The quantitative estimate of drug-likeness (QED) is 0.558. The summed E-state index contributed by atoms with van der Waals surface area (Å²) < 4.78 is 5.06. The maximum Gasteiger partial charge on any atom is 0.310 e. The summed E-state index contributed by atoms with van der Waals surface area (Å²) in [5, 5.41) is 0. The number of ether oxygens (including phenoxy) is 1. The van der Waals surface area contributed by atoms with Crippen LogP contribution in [0.5, 0.6) is 0 Å². The lowest BCUT2D eigenvalue weighted by Gasteiger charge is -2.25. The molecule has 2 nitrogen and oxygen atoms in total. The van der Waals surface area contributed by atoms with Crippen molar-refractivity contribution < 1.29 is 9.53 Å². The third-order valence-electron chi connectivity index (χ3n) is 2.95. The average Bonchev–Trinajstić information content (AvgIpc) is 2.34. The van der Waals surface area contributed by atoms with Crippen molar-refractivity contribution in [2.45, 2.75) is 18.8 Å². The minimum atomic E-state index is -0.179. The normalized spacial score (nSPS) is 21.9. The Bertz CT molecular complexity index is 402. The molecule has 1 aromatic rings. The first kappa shape index (κ1) is 10.8. The topological polar surface area (TPSA) is 26.3 Å². The maximum absolute atomic E-state index is 11.7. The zero-order valence-electron chi connectivity index (χ0n) is 9.06. The van der Waals surface area contributed by atoms with Crippen LogP contribution in [-0.4, -0.2) is 12.6 Å². The van der Waals surface area contributed by atoms with Gasteiger partial charge < -0.3 is 4.74 Å². The highest BCUT2D eigenvalue weighted by molar-refractivity contribution is 5.75. The highest BCUT2D eigenvalue weighted by Crippen LogP contribution is 2.30. The Hall–Kier alpha value is -1.75. The molecule has 0 bridgehead atoms. The molecule has 0 saturated carbocycles. The van der Waals surface area contributed by atoms with Crippen LogP contribution in [0.1, 0.15) is 24.3 Å². The lowest BCUT2D eigenvalue weighted by molar-refractivity contribution is -0.153. The largest absolute Gasteiger partial charge is 0.465 e. The lowest BCUT2D eigenvalue weighted by atomic mass is 9.83. The van der Waals surface area contributed by atoms with Gasteiger partial charge in [-0.15, -0.1) is 6.42 Å². The number of carbonyl (C=O) groups is 1. The third kappa shape index (κ3) is 2.09. The molecule has 0 aliphatic carbocycles. The molecule has 2 heteroatoms. The van der Waals surface area contributed by atoms with Crippen molar-refractivity contribution in [2.75, 3.05) is 6.61 Å². The van der Waals surface area contributed by atoms with Gasteiger partial charge in [-0.3, -0.25) is 4.79 Å². The Morgan fingerprint density at radius 1 is 1.38 bits per heavy atom. The van der Waals surface area contributed by atoms with E-state index < -0.39 is 0 Å². The average molecular weight is 214 g/mol. The molecule has 16 heavy (non-hydrogen) atoms. The number of esters is 1. The standard InChI is InChI=1S/C14H14O2/c1-2-12(11-7-4-3-5-8-11)13-9-6-10-16-14(13)15/h1,3-5,7-8,12-13H,6,9-10H2. The Morgan fingerprint density at radius 3 is 2.75 bits per heavy atom. The molecule has 0 aromatic heterocycles. The van der Waals surface area contributed by atoms with E-state index in [1.807, 2.05) is 30.3 Å². The molecule has 0 spiro atoms. The van der Waals surface area contributed by atoms with E-state index in [2.05, 4.69) is 5.92 Å². The van der Waals surface area contributed by atoms with E-state index >= 15 is 0 Å². The van der Waals surface area contributed by atoms with Crippen molar-refractivity contribution in [3.8, 4) is 12.3 Å². The fourth-order valence-corrected chi connectivity index (χ4v) is 2.11. The Kier molecular flexibility index (Phi) is 3.26. The number of terminal acetylenes is 1. The Balaban J connectivity index is 2.23. The number of hydrogen-bond donors (Lipinski definition) is 0. The van der Waals surface area contributed by atoms with Gasteiger partial charge in [-0.2, -0.15) is 0 Å². The molecule has 1 aliphatic heterocycles. The second-order valence-corrected chi connectivity index (χ2v) is 3.97. The molecule has 1 aromatic carbocycles. The summed E-state index contributed by atoms with van der Waals surface area (Å²) in [6.45, 7) is 0.529. The second-order valence-electron chi connectivity index (χ2n) is 3.97. The van der Waals surface area contributed by atoms with Crippen molar-refractivity contribution in [1.29, 1.82) is 0 Å². The van der Waals surface area contributed by atoms with Crippen molar-refractivity contribution in [3.63, 3.8) is 0 Å². The van der Waals surface area contributed by atoms with Gasteiger partial charge in [-0.25, -0.2) is 0 Å². The van der Waals surface area contributed by atoms with Crippen molar-refractivity contribution >= 4 is 5.97 Å². The number of hydrogen-bond acceptors (Lipinski definition) is 2. The SMILES string of the molecule is C#CC(c1ccccc1)C1CCCOC1=O. The van der Waals surface area contributed by atoms with Gasteiger partial charge in [-0.05, 0) is 18.4 Å². The first-order valence-corrected chi connectivity index (χ1v) is 5.50. The van der Waals surface area contributed by atoms with Gasteiger partial charge in [0.15, 0.2) is 0 Å². The fourth-order valence-electron chi connectivity index (χ4n) is 2.11. The highest BCUT2D eigenvalue weighted by atomic mass is 16.5. The Morgan fingerprint density at radius 2 is 2.12 bits per heavy atom. The van der Waals surface area contributed by atoms with Crippen LogP contribution in [0.15, 0.2) is 30.3 Å². The summed E-state index contributed by atoms with van der Waals surface area (Å²) in [4.78, 5) is 11.7. The van der Waals surface area contributed by atoms with Crippen molar-refractivity contribution in [2.24, 2.45) is 5.92 Å². The summed E-state index contributed by atoms with van der Waals surface area (Å²) in [5.74, 6) is 2.23. The van der Waals surface area contributed by atoms with Gasteiger partial charge in [0, 0.05) is 0 Å². The van der Waals surface area contributed by atoms with Crippen LogP contribution in [0.4, 0.5) is 0 Å². The molecule has 82 valence electrons. The first-order valence-electron chi connectivity index (χ1n) is 5.50. The molecule has 2 atom stereocenters. The smallest absolute Gasteiger partial charge is 0.310 e. The van der Waals surface area contributed by atoms with Crippen LogP contribution in [-0.2, 0) is 9.53 Å². The van der Waals surface area contributed by atoms with Gasteiger partial charge in [-0.1, -0.05) is 36.3 Å². The highest BCUT2D eigenvalue weighted by Gasteiger charge is 2.31. The molecule has 0 radical (unpaired) electrons. The zero-order chi connectivity index (χ0) is 11.4. The molecule has 1 aliphatic rings. The summed E-state index contributed by atoms with van der Waals surface area (Å²) in [6, 6.07) is 9.75. The molecular formula is C14H14O2. The molecule has 1 heterocycles. The minimum absolute atomic E-state index is 0.155. The van der Waals surface area contributed by atoms with Gasteiger partial charge in [0.25, 0.3) is 0 Å². The van der Waals surface area contributed by atoms with E-state index in [0.717, 1.165) is 18.4 Å². The van der Waals surface area contributed by atoms with Gasteiger partial charge in [0.1, 0.15) is 0 Å². The van der Waals surface area contributed by atoms with Crippen LogP contribution in [0, 0.1) is 18.3 Å². The van der Waals surface area contributed by atoms with Crippen LogP contribution in [0.3, 0.4) is 0 Å². The van der Waals surface area contributed by atoms with Crippen LogP contribution < -0.4 is 0 Å². The monoisotopic (exact) mass is 214 g/mol. The van der Waals surface area contributed by atoms with Gasteiger partial charge in [0.2, 0.25) is 0 Å². The Labute approximate surface area is 95.6 Å². The summed E-state index contributed by atoms with van der Waals surface area (Å²) in [7, 11) is 0. The van der Waals surface area contributed by atoms with Crippen molar-refractivity contribution in [1.82, 2.24) is 0 Å². The second kappa shape index (κ2) is 4.85. The number of cyclic esters (lactones) is 1. The maximum atomic E-state index is 11.7. The van der Waals surface area contributed by atoms with Gasteiger partial charge >= 0.3 is 5.97 Å². The summed E-state index contributed by atoms with van der Waals surface area (Å²) in [6.07, 6.45) is 7.27. The molecule has 1 fully saturated rings. The zero-order valence-corrected chi connectivity index (χ0v) is 9.06. The third-order valence-corrected chi connectivity index (χ3v) is 2.95. The van der Waals surface area contributed by atoms with Crippen molar-refractivity contribution in [3.05, 3.63) is 35.9 Å². The number of carbonyl (C=O) groups excluding carboxylic acids is 1. The van der Waals surface area contributed by atoms with Crippen LogP contribution in [0.2, 0.25) is 0 Å². The molecular weight excluding hydrogens is 200 g/mol. The first-order chi connectivity index (χ1) is 7.83. The van der Waals surface area contributed by atoms with Crippen LogP contribution >= 0.6 is 0 Å². The van der Waals surface area contributed by atoms with Gasteiger partial charge in [0.05, 0.1) is 18.4 Å². The molecule has 1 saturated heterocycles. The molecule has 0 N–H and O–H groups in total. The van der Waals surface area contributed by atoms with E-state index in [4.69, 9.17) is 11.2 Å².